The van der Waals surface area contributed by atoms with E-state index in [9.17, 15) is 18.5 Å². The Bertz CT molecular complexity index is 566. The minimum atomic E-state index is -3.43. The van der Waals surface area contributed by atoms with Crippen molar-refractivity contribution in [3.8, 4) is 0 Å². The molecule has 1 rings (SSSR count). The van der Waals surface area contributed by atoms with Crippen LogP contribution < -0.4 is 0 Å². The maximum absolute atomic E-state index is 11.3. The number of sulfone groups is 1. The number of nitrogens with zero attached hydrogens (tertiary/aromatic N) is 1. The van der Waals surface area contributed by atoms with Crippen LogP contribution in [-0.2, 0) is 9.84 Å². The van der Waals surface area contributed by atoms with E-state index >= 15 is 0 Å². The third kappa shape index (κ3) is 3.64. The Labute approximate surface area is 107 Å². The van der Waals surface area contributed by atoms with Crippen molar-refractivity contribution in [1.82, 2.24) is 0 Å². The lowest BCUT2D eigenvalue weighted by Crippen LogP contribution is -2.00. The number of rotatable bonds is 4. The largest absolute Gasteiger partial charge is 0.277 e. The van der Waals surface area contributed by atoms with Gasteiger partial charge < -0.3 is 0 Å². The lowest BCUT2D eigenvalue weighted by atomic mass is 10.1. The van der Waals surface area contributed by atoms with E-state index in [0.717, 1.165) is 12.3 Å². The van der Waals surface area contributed by atoms with Gasteiger partial charge in [0.15, 0.2) is 9.84 Å². The minimum Gasteiger partial charge on any atom is -0.258 e. The van der Waals surface area contributed by atoms with Gasteiger partial charge in [-0.3, -0.25) is 10.1 Å². The van der Waals surface area contributed by atoms with Gasteiger partial charge in [-0.25, -0.2) is 8.42 Å². The number of hydrogen-bond donors (Lipinski definition) is 0. The minimum absolute atomic E-state index is 0.0554. The molecular weight excluding hydrogens is 310 g/mol. The fraction of sp³-hybridized carbons (Fsp3) is 0.200. The predicted molar refractivity (Wildman–Crippen MR) is 69.0 cm³/mol. The molecule has 0 amide bonds. The summed E-state index contributed by atoms with van der Waals surface area (Å²) in [4.78, 5) is 10.2. The first kappa shape index (κ1) is 13.9. The van der Waals surface area contributed by atoms with Gasteiger partial charge in [0.05, 0.1) is 15.4 Å². The Morgan fingerprint density at radius 2 is 2.12 bits per heavy atom. The third-order valence-electron chi connectivity index (χ3n) is 2.01. The van der Waals surface area contributed by atoms with E-state index in [1.54, 1.807) is 12.2 Å². The Hall–Kier alpha value is -1.21. The SMILES string of the molecule is CS(=O)(=O)c1ccc(C=CCBr)c([N+](=O)[O-])c1. The van der Waals surface area contributed by atoms with Crippen LogP contribution >= 0.6 is 15.9 Å². The van der Waals surface area contributed by atoms with Crippen LogP contribution in [0.1, 0.15) is 5.56 Å². The summed E-state index contributed by atoms with van der Waals surface area (Å²) in [7, 11) is -3.43. The second-order valence-electron chi connectivity index (χ2n) is 3.31. The van der Waals surface area contributed by atoms with Gasteiger partial charge in [-0.1, -0.05) is 28.1 Å². The fourth-order valence-electron chi connectivity index (χ4n) is 1.22. The fourth-order valence-corrected chi connectivity index (χ4v) is 2.05. The standard InChI is InChI=1S/C10H10BrNO4S/c1-17(15,16)9-5-4-8(3-2-6-11)10(7-9)12(13)14/h2-5,7H,6H2,1H3. The molecular formula is C10H10BrNO4S. The van der Waals surface area contributed by atoms with Crippen molar-refractivity contribution in [2.24, 2.45) is 0 Å². The van der Waals surface area contributed by atoms with Crippen LogP contribution in [0.25, 0.3) is 6.08 Å². The number of allylic oxidation sites excluding steroid dienone is 1. The Morgan fingerprint density at radius 1 is 1.47 bits per heavy atom. The van der Waals surface area contributed by atoms with Crippen LogP contribution in [0.15, 0.2) is 29.2 Å². The van der Waals surface area contributed by atoms with Gasteiger partial charge in [0.25, 0.3) is 5.69 Å². The number of nitro benzene ring substituents is 1. The number of halogens is 1. The topological polar surface area (TPSA) is 77.3 Å². The van der Waals surface area contributed by atoms with E-state index in [-0.39, 0.29) is 10.6 Å². The van der Waals surface area contributed by atoms with E-state index in [1.165, 1.54) is 12.1 Å². The monoisotopic (exact) mass is 319 g/mol. The zero-order valence-electron chi connectivity index (χ0n) is 8.96. The zero-order chi connectivity index (χ0) is 13.1. The van der Waals surface area contributed by atoms with Gasteiger partial charge in [0, 0.05) is 17.7 Å². The van der Waals surface area contributed by atoms with Gasteiger partial charge >= 0.3 is 0 Å². The lowest BCUT2D eigenvalue weighted by molar-refractivity contribution is -0.385. The summed E-state index contributed by atoms with van der Waals surface area (Å²) in [6.45, 7) is 0. The molecule has 0 unspecified atom stereocenters. The van der Waals surface area contributed by atoms with Crippen LogP contribution in [-0.4, -0.2) is 24.9 Å². The molecule has 0 aliphatic carbocycles. The van der Waals surface area contributed by atoms with Crippen molar-refractivity contribution in [3.05, 3.63) is 40.0 Å². The molecule has 0 bridgehead atoms. The summed E-state index contributed by atoms with van der Waals surface area (Å²) in [5.74, 6) is 0. The molecule has 0 radical (unpaired) electrons. The predicted octanol–water partition coefficient (Wildman–Crippen LogP) is 2.41. The quantitative estimate of drug-likeness (QED) is 0.485. The summed E-state index contributed by atoms with van der Waals surface area (Å²) in [5, 5.41) is 11.4. The highest BCUT2D eigenvalue weighted by atomic mass is 79.9. The molecule has 0 saturated carbocycles. The molecule has 0 fully saturated rings. The molecule has 1 aromatic carbocycles. The first-order valence-corrected chi connectivity index (χ1v) is 7.58. The third-order valence-corrected chi connectivity index (χ3v) is 3.50. The number of nitro groups is 1. The second kappa shape index (κ2) is 5.42. The molecule has 7 heteroatoms. The van der Waals surface area contributed by atoms with Crippen molar-refractivity contribution in [2.75, 3.05) is 11.6 Å². The number of benzene rings is 1. The molecule has 0 spiro atoms. The Balaban J connectivity index is 3.37. The van der Waals surface area contributed by atoms with Crippen molar-refractivity contribution < 1.29 is 13.3 Å². The summed E-state index contributed by atoms with van der Waals surface area (Å²) < 4.78 is 22.6. The second-order valence-corrected chi connectivity index (χ2v) is 5.97. The normalized spacial score (nSPS) is 11.9. The molecule has 1 aromatic rings. The number of alkyl halides is 1. The van der Waals surface area contributed by atoms with Crippen molar-refractivity contribution in [1.29, 1.82) is 0 Å². The maximum Gasteiger partial charge on any atom is 0.277 e. The van der Waals surface area contributed by atoms with E-state index in [0.29, 0.717) is 10.9 Å². The van der Waals surface area contributed by atoms with Gasteiger partial charge in [-0.2, -0.15) is 0 Å². The van der Waals surface area contributed by atoms with Crippen LogP contribution in [0.5, 0.6) is 0 Å². The summed E-state index contributed by atoms with van der Waals surface area (Å²) in [6, 6.07) is 3.85. The van der Waals surface area contributed by atoms with Gasteiger partial charge in [-0.05, 0) is 12.1 Å². The van der Waals surface area contributed by atoms with Crippen LogP contribution in [0.4, 0.5) is 5.69 Å². The van der Waals surface area contributed by atoms with Gasteiger partial charge in [-0.15, -0.1) is 0 Å². The molecule has 0 heterocycles. The zero-order valence-corrected chi connectivity index (χ0v) is 11.4. The molecule has 0 aromatic heterocycles. The first-order valence-electron chi connectivity index (χ1n) is 4.57. The van der Waals surface area contributed by atoms with Gasteiger partial charge in [0.2, 0.25) is 0 Å². The highest BCUT2D eigenvalue weighted by molar-refractivity contribution is 9.09. The highest BCUT2D eigenvalue weighted by Gasteiger charge is 2.16. The van der Waals surface area contributed by atoms with E-state index in [1.807, 2.05) is 0 Å². The number of hydrogen-bond acceptors (Lipinski definition) is 4. The molecule has 0 saturated heterocycles. The van der Waals surface area contributed by atoms with Crippen LogP contribution in [0, 0.1) is 10.1 Å². The first-order chi connectivity index (χ1) is 7.86. The molecule has 92 valence electrons. The van der Waals surface area contributed by atoms with E-state index in [4.69, 9.17) is 0 Å². The average molecular weight is 320 g/mol. The Morgan fingerprint density at radius 3 is 2.59 bits per heavy atom. The van der Waals surface area contributed by atoms with Crippen LogP contribution in [0.2, 0.25) is 0 Å². The van der Waals surface area contributed by atoms with Crippen molar-refractivity contribution >= 4 is 37.5 Å². The van der Waals surface area contributed by atoms with Crippen molar-refractivity contribution in [2.45, 2.75) is 4.90 Å². The highest BCUT2D eigenvalue weighted by Crippen LogP contribution is 2.24. The summed E-state index contributed by atoms with van der Waals surface area (Å²) in [5.41, 5.74) is 0.159. The molecule has 0 aliphatic heterocycles. The molecule has 0 N–H and O–H groups in total. The van der Waals surface area contributed by atoms with E-state index in [2.05, 4.69) is 15.9 Å². The molecule has 0 atom stereocenters. The average Bonchev–Trinajstić information content (AvgIpc) is 2.24. The Kier molecular flexibility index (Phi) is 4.41. The van der Waals surface area contributed by atoms with Crippen LogP contribution in [0.3, 0.4) is 0 Å². The summed E-state index contributed by atoms with van der Waals surface area (Å²) in [6.07, 6.45) is 4.28. The molecule has 5 nitrogen and oxygen atoms in total. The van der Waals surface area contributed by atoms with Crippen molar-refractivity contribution in [3.63, 3.8) is 0 Å². The smallest absolute Gasteiger partial charge is 0.258 e. The molecule has 17 heavy (non-hydrogen) atoms. The lowest BCUT2D eigenvalue weighted by Gasteiger charge is -2.01. The van der Waals surface area contributed by atoms with E-state index < -0.39 is 14.8 Å². The van der Waals surface area contributed by atoms with Gasteiger partial charge in [0.1, 0.15) is 0 Å². The summed E-state index contributed by atoms with van der Waals surface area (Å²) >= 11 is 3.16. The molecule has 0 aliphatic rings. The maximum atomic E-state index is 11.3.